The molecule has 20 heavy (non-hydrogen) atoms. The standard InChI is InChI=1S/C14H21NO.2C2H6/c1-4-6-11-15(14(16)5-2)13-9-7-12(3)8-10-13;2*1-2/h7-10H,4-6,11H2,1-3H3;2*1-2H3. The lowest BCUT2D eigenvalue weighted by Gasteiger charge is -2.22. The molecule has 0 fully saturated rings. The predicted octanol–water partition coefficient (Wildman–Crippen LogP) is 5.59. The minimum absolute atomic E-state index is 0.206. The summed E-state index contributed by atoms with van der Waals surface area (Å²) in [5.74, 6) is 0.206. The third-order valence-electron chi connectivity index (χ3n) is 2.68. The number of hydrogen-bond acceptors (Lipinski definition) is 1. The van der Waals surface area contributed by atoms with Gasteiger partial charge in [0.05, 0.1) is 0 Å². The molecule has 116 valence electrons. The number of rotatable bonds is 5. The number of carbonyl (C=O) groups excluding carboxylic acids is 1. The fraction of sp³-hybridized carbons (Fsp3) is 0.611. The Bertz CT molecular complexity index is 330. The summed E-state index contributed by atoms with van der Waals surface area (Å²) in [6, 6.07) is 8.16. The second kappa shape index (κ2) is 14.1. The lowest BCUT2D eigenvalue weighted by atomic mass is 10.2. The van der Waals surface area contributed by atoms with Gasteiger partial charge in [0.2, 0.25) is 5.91 Å². The predicted molar refractivity (Wildman–Crippen MR) is 91.4 cm³/mol. The Morgan fingerprint density at radius 3 is 1.90 bits per heavy atom. The van der Waals surface area contributed by atoms with Gasteiger partial charge in [-0.3, -0.25) is 4.79 Å². The van der Waals surface area contributed by atoms with E-state index in [1.807, 2.05) is 51.7 Å². The van der Waals surface area contributed by atoms with Gasteiger partial charge in [-0.05, 0) is 25.5 Å². The average Bonchev–Trinajstić information content (AvgIpc) is 2.53. The van der Waals surface area contributed by atoms with Crippen molar-refractivity contribution in [2.45, 2.75) is 67.7 Å². The van der Waals surface area contributed by atoms with Gasteiger partial charge in [-0.2, -0.15) is 0 Å². The highest BCUT2D eigenvalue weighted by atomic mass is 16.2. The van der Waals surface area contributed by atoms with Crippen molar-refractivity contribution in [2.24, 2.45) is 0 Å². The van der Waals surface area contributed by atoms with Crippen LogP contribution in [0.15, 0.2) is 24.3 Å². The Balaban J connectivity index is 0. The van der Waals surface area contributed by atoms with Crippen molar-refractivity contribution < 1.29 is 4.79 Å². The van der Waals surface area contributed by atoms with Crippen LogP contribution >= 0.6 is 0 Å². The first-order valence-electron chi connectivity index (χ1n) is 8.06. The number of nitrogens with zero attached hydrogens (tertiary/aromatic N) is 1. The molecule has 1 aromatic rings. The number of hydrogen-bond donors (Lipinski definition) is 0. The zero-order valence-corrected chi connectivity index (χ0v) is 14.5. The molecule has 0 bridgehead atoms. The number of anilines is 1. The summed E-state index contributed by atoms with van der Waals surface area (Å²) in [7, 11) is 0. The van der Waals surface area contributed by atoms with Crippen LogP contribution in [0.5, 0.6) is 0 Å². The minimum Gasteiger partial charge on any atom is -0.312 e. The minimum atomic E-state index is 0.206. The van der Waals surface area contributed by atoms with Gasteiger partial charge < -0.3 is 4.90 Å². The van der Waals surface area contributed by atoms with Crippen LogP contribution < -0.4 is 4.90 Å². The Hall–Kier alpha value is -1.31. The van der Waals surface area contributed by atoms with Gasteiger partial charge in [0, 0.05) is 18.7 Å². The van der Waals surface area contributed by atoms with E-state index in [4.69, 9.17) is 0 Å². The lowest BCUT2D eigenvalue weighted by molar-refractivity contribution is -0.118. The summed E-state index contributed by atoms with van der Waals surface area (Å²) in [4.78, 5) is 13.7. The van der Waals surface area contributed by atoms with Crippen LogP contribution in [0, 0.1) is 6.92 Å². The number of amides is 1. The van der Waals surface area contributed by atoms with E-state index >= 15 is 0 Å². The molecule has 0 spiro atoms. The summed E-state index contributed by atoms with van der Waals surface area (Å²) < 4.78 is 0. The molecule has 0 N–H and O–H groups in total. The maximum atomic E-state index is 11.8. The molecule has 0 aliphatic rings. The van der Waals surface area contributed by atoms with E-state index in [0.717, 1.165) is 25.1 Å². The van der Waals surface area contributed by atoms with Gasteiger partial charge in [0.1, 0.15) is 0 Å². The second-order valence-electron chi connectivity index (χ2n) is 4.09. The molecule has 0 radical (unpaired) electrons. The topological polar surface area (TPSA) is 20.3 Å². The fourth-order valence-electron chi connectivity index (χ4n) is 1.63. The maximum Gasteiger partial charge on any atom is 0.226 e. The van der Waals surface area contributed by atoms with Crippen LogP contribution in [0.25, 0.3) is 0 Å². The number of aryl methyl sites for hydroxylation is 1. The van der Waals surface area contributed by atoms with Crippen molar-refractivity contribution in [1.29, 1.82) is 0 Å². The van der Waals surface area contributed by atoms with Crippen LogP contribution in [0.1, 0.15) is 66.4 Å². The smallest absolute Gasteiger partial charge is 0.226 e. The highest BCUT2D eigenvalue weighted by Crippen LogP contribution is 2.16. The summed E-state index contributed by atoms with van der Waals surface area (Å²) in [6.45, 7) is 14.9. The molecule has 0 aliphatic carbocycles. The van der Waals surface area contributed by atoms with Gasteiger partial charge in [0.15, 0.2) is 0 Å². The first-order valence-corrected chi connectivity index (χ1v) is 8.06. The fourth-order valence-corrected chi connectivity index (χ4v) is 1.63. The average molecular weight is 279 g/mol. The summed E-state index contributed by atoms with van der Waals surface area (Å²) in [6.07, 6.45) is 2.73. The molecule has 0 saturated heterocycles. The summed E-state index contributed by atoms with van der Waals surface area (Å²) in [5.41, 5.74) is 2.24. The molecule has 1 amide bonds. The molecule has 0 aliphatic heterocycles. The normalized spacial score (nSPS) is 8.75. The Morgan fingerprint density at radius 2 is 1.50 bits per heavy atom. The van der Waals surface area contributed by atoms with Crippen LogP contribution in [-0.4, -0.2) is 12.5 Å². The number of carbonyl (C=O) groups is 1. The number of benzene rings is 1. The largest absolute Gasteiger partial charge is 0.312 e. The van der Waals surface area contributed by atoms with Gasteiger partial charge in [0.25, 0.3) is 0 Å². The van der Waals surface area contributed by atoms with Crippen molar-refractivity contribution in [2.75, 3.05) is 11.4 Å². The summed E-state index contributed by atoms with van der Waals surface area (Å²) in [5, 5.41) is 0. The molecule has 0 saturated carbocycles. The van der Waals surface area contributed by atoms with Crippen molar-refractivity contribution in [3.63, 3.8) is 0 Å². The van der Waals surface area contributed by atoms with Crippen molar-refractivity contribution >= 4 is 11.6 Å². The van der Waals surface area contributed by atoms with E-state index in [1.165, 1.54) is 5.56 Å². The SMILES string of the molecule is CC.CC.CCCCN(C(=O)CC)c1ccc(C)cc1. The molecular weight excluding hydrogens is 246 g/mol. The van der Waals surface area contributed by atoms with E-state index < -0.39 is 0 Å². The zero-order chi connectivity index (χ0) is 16.0. The third-order valence-corrected chi connectivity index (χ3v) is 2.68. The molecule has 2 heteroatoms. The number of unbranched alkanes of at least 4 members (excludes halogenated alkanes) is 1. The van der Waals surface area contributed by atoms with E-state index in [-0.39, 0.29) is 5.91 Å². The van der Waals surface area contributed by atoms with E-state index in [9.17, 15) is 4.79 Å². The third kappa shape index (κ3) is 7.98. The molecule has 1 rings (SSSR count). The van der Waals surface area contributed by atoms with E-state index in [2.05, 4.69) is 26.0 Å². The molecule has 0 atom stereocenters. The Morgan fingerprint density at radius 1 is 1.00 bits per heavy atom. The molecule has 0 heterocycles. The van der Waals surface area contributed by atoms with E-state index in [0.29, 0.717) is 6.42 Å². The monoisotopic (exact) mass is 279 g/mol. The van der Waals surface area contributed by atoms with Gasteiger partial charge in [-0.1, -0.05) is 65.7 Å². The molecular formula is C18H33NO. The highest BCUT2D eigenvalue weighted by molar-refractivity contribution is 5.93. The second-order valence-corrected chi connectivity index (χ2v) is 4.09. The zero-order valence-electron chi connectivity index (χ0n) is 14.5. The lowest BCUT2D eigenvalue weighted by Crippen LogP contribution is -2.31. The molecule has 0 aromatic heterocycles. The van der Waals surface area contributed by atoms with Crippen LogP contribution in [0.3, 0.4) is 0 Å². The highest BCUT2D eigenvalue weighted by Gasteiger charge is 2.12. The van der Waals surface area contributed by atoms with Gasteiger partial charge >= 0.3 is 0 Å². The van der Waals surface area contributed by atoms with Crippen molar-refractivity contribution in [3.05, 3.63) is 29.8 Å². The quantitative estimate of drug-likeness (QED) is 0.688. The first-order chi connectivity index (χ1) is 9.69. The molecule has 1 aromatic carbocycles. The van der Waals surface area contributed by atoms with Gasteiger partial charge in [-0.15, -0.1) is 0 Å². The van der Waals surface area contributed by atoms with Crippen LogP contribution in [0.4, 0.5) is 5.69 Å². The maximum absolute atomic E-state index is 11.8. The van der Waals surface area contributed by atoms with Crippen LogP contribution in [0.2, 0.25) is 0 Å². The van der Waals surface area contributed by atoms with Crippen LogP contribution in [-0.2, 0) is 4.79 Å². The van der Waals surface area contributed by atoms with Crippen molar-refractivity contribution in [1.82, 2.24) is 0 Å². The Kier molecular flexibility index (Phi) is 14.8. The first kappa shape index (κ1) is 21.0. The molecule has 0 unspecified atom stereocenters. The van der Waals surface area contributed by atoms with E-state index in [1.54, 1.807) is 0 Å². The summed E-state index contributed by atoms with van der Waals surface area (Å²) >= 11 is 0. The Labute approximate surface area is 126 Å². The van der Waals surface area contributed by atoms with Crippen molar-refractivity contribution in [3.8, 4) is 0 Å². The van der Waals surface area contributed by atoms with Gasteiger partial charge in [-0.25, -0.2) is 0 Å². The molecule has 2 nitrogen and oxygen atoms in total.